The van der Waals surface area contributed by atoms with E-state index in [1.807, 2.05) is 12.5 Å². The first kappa shape index (κ1) is 13.5. The lowest BCUT2D eigenvalue weighted by Crippen LogP contribution is -2.30. The third kappa shape index (κ3) is 3.80. The van der Waals surface area contributed by atoms with E-state index in [0.717, 1.165) is 45.8 Å². The zero-order valence-electron chi connectivity index (χ0n) is 11.3. The summed E-state index contributed by atoms with van der Waals surface area (Å²) in [7, 11) is 1.73. The van der Waals surface area contributed by atoms with Crippen molar-refractivity contribution in [3.05, 3.63) is 18.2 Å². The van der Waals surface area contributed by atoms with Gasteiger partial charge < -0.3 is 14.0 Å². The maximum Gasteiger partial charge on any atom is 0.0949 e. The minimum atomic E-state index is 0.322. The highest BCUT2D eigenvalue weighted by molar-refractivity contribution is 4.98. The predicted octanol–water partition coefficient (Wildman–Crippen LogP) is 1.14. The van der Waals surface area contributed by atoms with E-state index in [1.165, 1.54) is 5.69 Å². The zero-order valence-corrected chi connectivity index (χ0v) is 11.3. The molecule has 102 valence electrons. The van der Waals surface area contributed by atoms with Crippen molar-refractivity contribution in [2.45, 2.75) is 32.5 Å². The van der Waals surface area contributed by atoms with Crippen molar-refractivity contribution in [1.82, 2.24) is 14.5 Å². The first-order valence-electron chi connectivity index (χ1n) is 6.61. The smallest absolute Gasteiger partial charge is 0.0949 e. The van der Waals surface area contributed by atoms with Gasteiger partial charge in [-0.05, 0) is 13.3 Å². The van der Waals surface area contributed by atoms with E-state index in [9.17, 15) is 0 Å². The van der Waals surface area contributed by atoms with Gasteiger partial charge in [0.1, 0.15) is 0 Å². The average molecular weight is 253 g/mol. The van der Waals surface area contributed by atoms with E-state index < -0.39 is 0 Å². The van der Waals surface area contributed by atoms with Gasteiger partial charge in [0.15, 0.2) is 0 Å². The van der Waals surface area contributed by atoms with Crippen LogP contribution in [0.2, 0.25) is 0 Å². The van der Waals surface area contributed by atoms with Crippen LogP contribution >= 0.6 is 0 Å². The van der Waals surface area contributed by atoms with Crippen LogP contribution in [0.15, 0.2) is 12.5 Å². The van der Waals surface area contributed by atoms with E-state index in [0.29, 0.717) is 6.10 Å². The number of hydrogen-bond donors (Lipinski definition) is 0. The Morgan fingerprint density at radius 3 is 3.28 bits per heavy atom. The fraction of sp³-hybridized carbons (Fsp3) is 0.769. The second-order valence-electron chi connectivity index (χ2n) is 4.84. The van der Waals surface area contributed by atoms with E-state index in [-0.39, 0.29) is 0 Å². The van der Waals surface area contributed by atoms with Crippen LogP contribution in [-0.2, 0) is 22.6 Å². The Bertz CT molecular complexity index is 354. The lowest BCUT2D eigenvalue weighted by molar-refractivity contribution is 0.0664. The fourth-order valence-corrected chi connectivity index (χ4v) is 2.32. The van der Waals surface area contributed by atoms with Gasteiger partial charge >= 0.3 is 0 Å². The molecule has 2 rings (SSSR count). The van der Waals surface area contributed by atoms with E-state index >= 15 is 0 Å². The highest BCUT2D eigenvalue weighted by Gasteiger charge is 2.16. The molecule has 1 aliphatic heterocycles. The lowest BCUT2D eigenvalue weighted by atomic mass is 10.3. The minimum absolute atomic E-state index is 0.322. The number of hydrogen-bond acceptors (Lipinski definition) is 4. The molecule has 5 nitrogen and oxygen atoms in total. The van der Waals surface area contributed by atoms with E-state index in [4.69, 9.17) is 9.47 Å². The molecule has 0 aromatic carbocycles. The first-order valence-corrected chi connectivity index (χ1v) is 6.61. The molecule has 1 aliphatic rings. The second kappa shape index (κ2) is 6.87. The SMILES string of the molecule is COCCn1cncc1CN1CCCO[C@H](C)C1. The highest BCUT2D eigenvalue weighted by atomic mass is 16.5. The molecule has 5 heteroatoms. The van der Waals surface area contributed by atoms with Gasteiger partial charge in [-0.2, -0.15) is 0 Å². The van der Waals surface area contributed by atoms with E-state index in [2.05, 4.69) is 21.4 Å². The summed E-state index contributed by atoms with van der Waals surface area (Å²) >= 11 is 0. The maximum absolute atomic E-state index is 5.66. The van der Waals surface area contributed by atoms with Crippen LogP contribution in [0.25, 0.3) is 0 Å². The van der Waals surface area contributed by atoms with Gasteiger partial charge in [0.2, 0.25) is 0 Å². The van der Waals surface area contributed by atoms with Crippen LogP contribution in [0.4, 0.5) is 0 Å². The Labute approximate surface area is 109 Å². The molecular weight excluding hydrogens is 230 g/mol. The summed E-state index contributed by atoms with van der Waals surface area (Å²) in [5.74, 6) is 0. The van der Waals surface area contributed by atoms with Crippen molar-refractivity contribution < 1.29 is 9.47 Å². The molecule has 1 aromatic rings. The number of aromatic nitrogens is 2. The molecule has 1 aromatic heterocycles. The van der Waals surface area contributed by atoms with Gasteiger partial charge in [0, 0.05) is 46.1 Å². The molecule has 0 spiro atoms. The third-order valence-corrected chi connectivity index (χ3v) is 3.26. The number of rotatable bonds is 5. The topological polar surface area (TPSA) is 39.5 Å². The molecule has 0 N–H and O–H groups in total. The monoisotopic (exact) mass is 253 g/mol. The Morgan fingerprint density at radius 2 is 2.44 bits per heavy atom. The summed E-state index contributed by atoms with van der Waals surface area (Å²) in [5.41, 5.74) is 1.25. The highest BCUT2D eigenvalue weighted by Crippen LogP contribution is 2.10. The summed E-state index contributed by atoms with van der Waals surface area (Å²) in [5, 5.41) is 0. The quantitative estimate of drug-likeness (QED) is 0.789. The first-order chi connectivity index (χ1) is 8.79. The summed E-state index contributed by atoms with van der Waals surface area (Å²) in [6.45, 7) is 7.64. The number of ether oxygens (including phenoxy) is 2. The largest absolute Gasteiger partial charge is 0.383 e. The van der Waals surface area contributed by atoms with Gasteiger partial charge in [0.25, 0.3) is 0 Å². The zero-order chi connectivity index (χ0) is 12.8. The summed E-state index contributed by atoms with van der Waals surface area (Å²) < 4.78 is 12.9. The maximum atomic E-state index is 5.66. The van der Waals surface area contributed by atoms with Gasteiger partial charge in [-0.15, -0.1) is 0 Å². The van der Waals surface area contributed by atoms with Gasteiger partial charge in [-0.25, -0.2) is 4.98 Å². The Balaban J connectivity index is 1.93. The third-order valence-electron chi connectivity index (χ3n) is 3.26. The van der Waals surface area contributed by atoms with Crippen molar-refractivity contribution in [2.75, 3.05) is 33.4 Å². The molecule has 1 fully saturated rings. The van der Waals surface area contributed by atoms with Crippen molar-refractivity contribution in [2.24, 2.45) is 0 Å². The van der Waals surface area contributed by atoms with Crippen LogP contribution in [0, 0.1) is 0 Å². The molecule has 0 unspecified atom stereocenters. The fourth-order valence-electron chi connectivity index (χ4n) is 2.32. The Kier molecular flexibility index (Phi) is 5.16. The van der Waals surface area contributed by atoms with Crippen LogP contribution < -0.4 is 0 Å². The molecule has 2 heterocycles. The molecular formula is C13H23N3O2. The molecule has 0 radical (unpaired) electrons. The van der Waals surface area contributed by atoms with Gasteiger partial charge in [-0.1, -0.05) is 0 Å². The van der Waals surface area contributed by atoms with Crippen molar-refractivity contribution in [3.63, 3.8) is 0 Å². The minimum Gasteiger partial charge on any atom is -0.383 e. The molecule has 0 bridgehead atoms. The molecule has 0 amide bonds. The lowest BCUT2D eigenvalue weighted by Gasteiger charge is -2.22. The molecule has 1 atom stereocenters. The molecule has 1 saturated heterocycles. The standard InChI is InChI=1S/C13H23N3O2/c1-12-9-15(4-3-6-18-12)10-13-8-14-11-16(13)5-7-17-2/h8,11-12H,3-7,9-10H2,1-2H3/t12-/m1/s1. The number of imidazole rings is 1. The van der Waals surface area contributed by atoms with Crippen molar-refractivity contribution in [1.29, 1.82) is 0 Å². The Morgan fingerprint density at radius 1 is 1.56 bits per heavy atom. The van der Waals surface area contributed by atoms with Crippen molar-refractivity contribution in [3.8, 4) is 0 Å². The summed E-state index contributed by atoms with van der Waals surface area (Å²) in [6.07, 6.45) is 5.26. The number of nitrogens with zero attached hydrogens (tertiary/aromatic N) is 3. The average Bonchev–Trinajstić information content (AvgIpc) is 2.68. The normalized spacial score (nSPS) is 22.0. The van der Waals surface area contributed by atoms with Crippen LogP contribution in [0.5, 0.6) is 0 Å². The van der Waals surface area contributed by atoms with Gasteiger partial charge in [-0.3, -0.25) is 4.90 Å². The van der Waals surface area contributed by atoms with Crippen LogP contribution in [0.3, 0.4) is 0 Å². The van der Waals surface area contributed by atoms with Gasteiger partial charge in [0.05, 0.1) is 24.7 Å². The molecule has 0 saturated carbocycles. The summed E-state index contributed by atoms with van der Waals surface area (Å²) in [6, 6.07) is 0. The van der Waals surface area contributed by atoms with Crippen LogP contribution in [-0.4, -0.2) is 54.0 Å². The van der Waals surface area contributed by atoms with E-state index in [1.54, 1.807) is 7.11 Å². The van der Waals surface area contributed by atoms with Crippen LogP contribution in [0.1, 0.15) is 19.0 Å². The summed E-state index contributed by atoms with van der Waals surface area (Å²) in [4.78, 5) is 6.67. The molecule has 18 heavy (non-hydrogen) atoms. The second-order valence-corrected chi connectivity index (χ2v) is 4.84. The Hall–Kier alpha value is -0.910. The van der Waals surface area contributed by atoms with Crippen molar-refractivity contribution >= 4 is 0 Å². The number of methoxy groups -OCH3 is 1. The molecule has 0 aliphatic carbocycles. The predicted molar refractivity (Wildman–Crippen MR) is 69.4 cm³/mol.